The molecule has 0 radical (unpaired) electrons. The van der Waals surface area contributed by atoms with Crippen molar-refractivity contribution in [2.75, 3.05) is 0 Å². The van der Waals surface area contributed by atoms with Crippen LogP contribution in [0, 0.1) is 3.57 Å². The highest BCUT2D eigenvalue weighted by Crippen LogP contribution is 2.35. The van der Waals surface area contributed by atoms with E-state index in [0.717, 1.165) is 22.6 Å². The summed E-state index contributed by atoms with van der Waals surface area (Å²) in [5, 5.41) is 8.60. The lowest BCUT2D eigenvalue weighted by molar-refractivity contribution is -0.275. The van der Waals surface area contributed by atoms with Crippen LogP contribution in [0.1, 0.15) is 16.2 Å². The molecule has 0 fully saturated rings. The SMILES string of the molecule is O=C(O)c1nc(C(F)(F)F)cc(I)c1OC(F)(F)F. The third kappa shape index (κ3) is 4.11. The molecule has 1 heterocycles. The van der Waals surface area contributed by atoms with Crippen LogP contribution in [0.2, 0.25) is 0 Å². The van der Waals surface area contributed by atoms with Crippen LogP contribution < -0.4 is 4.74 Å². The number of hydrogen-bond acceptors (Lipinski definition) is 3. The molecule has 0 amide bonds. The number of carbonyl (C=O) groups is 1. The van der Waals surface area contributed by atoms with Gasteiger partial charge in [0.1, 0.15) is 5.69 Å². The summed E-state index contributed by atoms with van der Waals surface area (Å²) in [5.74, 6) is -3.35. The Labute approximate surface area is 114 Å². The van der Waals surface area contributed by atoms with Gasteiger partial charge in [0.15, 0.2) is 11.4 Å². The highest BCUT2D eigenvalue weighted by Gasteiger charge is 2.38. The molecule has 0 unspecified atom stereocenters. The minimum Gasteiger partial charge on any atom is -0.476 e. The van der Waals surface area contributed by atoms with E-state index in [-0.39, 0.29) is 6.07 Å². The fraction of sp³-hybridized carbons (Fsp3) is 0.250. The number of carboxylic acid groups (broad SMARTS) is 1. The summed E-state index contributed by atoms with van der Waals surface area (Å²) < 4.78 is 75.9. The van der Waals surface area contributed by atoms with Gasteiger partial charge in [-0.3, -0.25) is 0 Å². The third-order valence-corrected chi connectivity index (χ3v) is 2.44. The monoisotopic (exact) mass is 401 g/mol. The maximum Gasteiger partial charge on any atom is 0.573 e. The Morgan fingerprint density at radius 3 is 2.16 bits per heavy atom. The summed E-state index contributed by atoms with van der Waals surface area (Å²) in [7, 11) is 0. The molecule has 1 rings (SSSR count). The van der Waals surface area contributed by atoms with Gasteiger partial charge in [0, 0.05) is 0 Å². The average molecular weight is 401 g/mol. The number of rotatable bonds is 2. The zero-order valence-electron chi connectivity index (χ0n) is 8.43. The van der Waals surface area contributed by atoms with E-state index in [4.69, 9.17) is 5.11 Å². The minimum atomic E-state index is -5.24. The summed E-state index contributed by atoms with van der Waals surface area (Å²) >= 11 is 1.10. The number of hydrogen-bond donors (Lipinski definition) is 1. The zero-order valence-corrected chi connectivity index (χ0v) is 10.6. The smallest absolute Gasteiger partial charge is 0.476 e. The second-order valence-corrected chi connectivity index (χ2v) is 4.18. The van der Waals surface area contributed by atoms with Crippen LogP contribution >= 0.6 is 22.6 Å². The van der Waals surface area contributed by atoms with E-state index in [0.29, 0.717) is 0 Å². The van der Waals surface area contributed by atoms with Crippen molar-refractivity contribution in [1.82, 2.24) is 4.98 Å². The molecule has 0 aliphatic heterocycles. The van der Waals surface area contributed by atoms with Crippen LogP contribution in [0.5, 0.6) is 5.75 Å². The molecule has 19 heavy (non-hydrogen) atoms. The number of halogens is 7. The quantitative estimate of drug-likeness (QED) is 0.611. The first-order chi connectivity index (χ1) is 8.42. The van der Waals surface area contributed by atoms with Crippen molar-refractivity contribution in [2.24, 2.45) is 0 Å². The Bertz CT molecular complexity index is 512. The van der Waals surface area contributed by atoms with Gasteiger partial charge in [0.25, 0.3) is 0 Å². The van der Waals surface area contributed by atoms with E-state index in [1.807, 2.05) is 0 Å². The van der Waals surface area contributed by atoms with Gasteiger partial charge >= 0.3 is 18.5 Å². The van der Waals surface area contributed by atoms with Gasteiger partial charge in [-0.1, -0.05) is 0 Å². The van der Waals surface area contributed by atoms with Crippen molar-refractivity contribution in [3.8, 4) is 5.75 Å². The molecule has 1 aromatic heterocycles. The summed E-state index contributed by atoms with van der Waals surface area (Å²) in [6, 6.07) is 0.258. The van der Waals surface area contributed by atoms with Crippen molar-refractivity contribution in [2.45, 2.75) is 12.5 Å². The molecule has 0 aromatic carbocycles. The average Bonchev–Trinajstić information content (AvgIpc) is 2.16. The molecule has 0 aliphatic rings. The number of pyridine rings is 1. The van der Waals surface area contributed by atoms with Gasteiger partial charge in [-0.25, -0.2) is 9.78 Å². The first-order valence-electron chi connectivity index (χ1n) is 4.18. The molecule has 1 N–H and O–H groups in total. The second-order valence-electron chi connectivity index (χ2n) is 3.02. The van der Waals surface area contributed by atoms with E-state index >= 15 is 0 Å². The van der Waals surface area contributed by atoms with E-state index in [2.05, 4.69) is 9.72 Å². The summed E-state index contributed by atoms with van der Waals surface area (Å²) in [6.07, 6.45) is -10.2. The van der Waals surface area contributed by atoms with Crippen LogP contribution in [0.3, 0.4) is 0 Å². The molecule has 0 atom stereocenters. The number of aromatic nitrogens is 1. The topological polar surface area (TPSA) is 59.4 Å². The lowest BCUT2D eigenvalue weighted by atomic mass is 10.2. The lowest BCUT2D eigenvalue weighted by Gasteiger charge is -2.14. The molecule has 0 spiro atoms. The third-order valence-electron chi connectivity index (χ3n) is 1.64. The highest BCUT2D eigenvalue weighted by molar-refractivity contribution is 14.1. The molecule has 0 aliphatic carbocycles. The predicted octanol–water partition coefficient (Wildman–Crippen LogP) is 3.30. The Hall–Kier alpha value is -1.27. The lowest BCUT2D eigenvalue weighted by Crippen LogP contribution is -2.22. The Morgan fingerprint density at radius 1 is 1.26 bits per heavy atom. The number of ether oxygens (including phenoxy) is 1. The Kier molecular flexibility index (Phi) is 4.17. The molecular formula is C8H2F6INO3. The molecular weight excluding hydrogens is 399 g/mol. The Balaban J connectivity index is 3.44. The van der Waals surface area contributed by atoms with E-state index in [1.165, 1.54) is 0 Å². The van der Waals surface area contributed by atoms with Gasteiger partial charge in [-0.2, -0.15) is 13.2 Å². The molecule has 106 valence electrons. The summed E-state index contributed by atoms with van der Waals surface area (Å²) in [4.78, 5) is 13.3. The van der Waals surface area contributed by atoms with E-state index < -0.39 is 39.2 Å². The zero-order chi connectivity index (χ0) is 15.0. The maximum absolute atomic E-state index is 12.4. The van der Waals surface area contributed by atoms with Crippen molar-refractivity contribution in [1.29, 1.82) is 0 Å². The summed E-state index contributed by atoms with van der Waals surface area (Å²) in [5.41, 5.74) is -3.08. The number of nitrogens with zero attached hydrogens (tertiary/aromatic N) is 1. The van der Waals surface area contributed by atoms with E-state index in [1.54, 1.807) is 0 Å². The molecule has 0 saturated carbocycles. The van der Waals surface area contributed by atoms with Crippen molar-refractivity contribution in [3.05, 3.63) is 21.0 Å². The van der Waals surface area contributed by atoms with Gasteiger partial charge in [-0.05, 0) is 28.7 Å². The first-order valence-corrected chi connectivity index (χ1v) is 5.26. The van der Waals surface area contributed by atoms with Crippen LogP contribution in [-0.2, 0) is 6.18 Å². The van der Waals surface area contributed by atoms with Gasteiger partial charge in [0.05, 0.1) is 3.57 Å². The van der Waals surface area contributed by atoms with Crippen molar-refractivity contribution >= 4 is 28.6 Å². The normalized spacial score (nSPS) is 12.4. The second kappa shape index (κ2) is 5.02. The fourth-order valence-electron chi connectivity index (χ4n) is 1.01. The van der Waals surface area contributed by atoms with Crippen LogP contribution in [-0.4, -0.2) is 22.4 Å². The molecule has 1 aromatic rings. The number of carboxylic acids is 1. The van der Waals surface area contributed by atoms with Gasteiger partial charge < -0.3 is 9.84 Å². The van der Waals surface area contributed by atoms with E-state index in [9.17, 15) is 31.1 Å². The minimum absolute atomic E-state index is 0.258. The molecule has 0 saturated heterocycles. The number of aromatic carboxylic acids is 1. The maximum atomic E-state index is 12.4. The number of alkyl halides is 6. The van der Waals surface area contributed by atoms with Crippen LogP contribution in [0.15, 0.2) is 6.07 Å². The van der Waals surface area contributed by atoms with Crippen molar-refractivity contribution in [3.63, 3.8) is 0 Å². The van der Waals surface area contributed by atoms with Gasteiger partial charge in [0.2, 0.25) is 0 Å². The summed E-state index contributed by atoms with van der Waals surface area (Å²) in [6.45, 7) is 0. The molecule has 0 bridgehead atoms. The molecule has 11 heteroatoms. The van der Waals surface area contributed by atoms with Gasteiger partial charge in [-0.15, -0.1) is 13.2 Å². The fourth-order valence-corrected chi connectivity index (χ4v) is 1.67. The first kappa shape index (κ1) is 15.8. The van der Waals surface area contributed by atoms with Crippen LogP contribution in [0.4, 0.5) is 26.3 Å². The molecule has 4 nitrogen and oxygen atoms in total. The van der Waals surface area contributed by atoms with Crippen molar-refractivity contribution < 1.29 is 41.0 Å². The van der Waals surface area contributed by atoms with Crippen LogP contribution in [0.25, 0.3) is 0 Å². The highest BCUT2D eigenvalue weighted by atomic mass is 127. The Morgan fingerprint density at radius 2 is 1.79 bits per heavy atom. The standard InChI is InChI=1S/C8H2F6INO3/c9-7(10,11)3-1-2(15)5(19-8(12,13)14)4(16-3)6(17)18/h1H,(H,17,18). The largest absolute Gasteiger partial charge is 0.573 e. The predicted molar refractivity (Wildman–Crippen MR) is 55.6 cm³/mol.